The van der Waals surface area contributed by atoms with Crippen LogP contribution in [-0.2, 0) is 22.7 Å². The number of aromatic nitrogens is 4. The van der Waals surface area contributed by atoms with Crippen molar-refractivity contribution in [3.8, 4) is 10.7 Å². The van der Waals surface area contributed by atoms with Crippen molar-refractivity contribution >= 4 is 23.2 Å². The zero-order chi connectivity index (χ0) is 19.1. The average molecular weight is 385 g/mol. The van der Waals surface area contributed by atoms with E-state index in [0.29, 0.717) is 12.2 Å². The molecule has 0 aliphatic heterocycles. The van der Waals surface area contributed by atoms with Crippen molar-refractivity contribution in [1.82, 2.24) is 25.5 Å². The van der Waals surface area contributed by atoms with Crippen molar-refractivity contribution in [1.29, 1.82) is 0 Å². The number of tetrazole rings is 1. The van der Waals surface area contributed by atoms with Crippen molar-refractivity contribution in [3.63, 3.8) is 0 Å². The quantitative estimate of drug-likeness (QED) is 0.640. The van der Waals surface area contributed by atoms with Crippen molar-refractivity contribution in [2.24, 2.45) is 0 Å². The number of thiophene rings is 1. The van der Waals surface area contributed by atoms with E-state index in [1.165, 1.54) is 16.1 Å². The van der Waals surface area contributed by atoms with Gasteiger partial charge in [-0.1, -0.05) is 43.3 Å². The van der Waals surface area contributed by atoms with Gasteiger partial charge in [0.2, 0.25) is 5.82 Å². The third kappa shape index (κ3) is 5.20. The van der Waals surface area contributed by atoms with Crippen LogP contribution in [-0.4, -0.2) is 38.1 Å². The number of rotatable bonds is 8. The van der Waals surface area contributed by atoms with Crippen LogP contribution in [0.25, 0.3) is 10.7 Å². The summed E-state index contributed by atoms with van der Waals surface area (Å²) < 4.78 is 5.16. The SMILES string of the molecule is CCC(NC(=O)OCc1ccccc1)C(=O)Cn1nnc(-c2cccs2)n1. The number of hydrogen-bond acceptors (Lipinski definition) is 7. The highest BCUT2D eigenvalue weighted by atomic mass is 32.1. The van der Waals surface area contributed by atoms with Gasteiger partial charge >= 0.3 is 6.09 Å². The third-order valence-corrected chi connectivity index (χ3v) is 4.66. The van der Waals surface area contributed by atoms with E-state index in [2.05, 4.69) is 20.7 Å². The first-order valence-electron chi connectivity index (χ1n) is 8.47. The molecule has 3 aromatic rings. The Morgan fingerprint density at radius 3 is 2.74 bits per heavy atom. The molecule has 2 aromatic heterocycles. The Morgan fingerprint density at radius 1 is 1.22 bits per heavy atom. The van der Waals surface area contributed by atoms with E-state index < -0.39 is 12.1 Å². The number of Topliss-reactive ketones (excluding diaryl/α,β-unsaturated/α-hetero) is 1. The van der Waals surface area contributed by atoms with Gasteiger partial charge in [-0.25, -0.2) is 4.79 Å². The van der Waals surface area contributed by atoms with Crippen LogP contribution in [0, 0.1) is 0 Å². The highest BCUT2D eigenvalue weighted by Crippen LogP contribution is 2.19. The number of alkyl carbamates (subject to hydrolysis) is 1. The summed E-state index contributed by atoms with van der Waals surface area (Å²) in [6.07, 6.45) is -0.198. The molecule has 0 radical (unpaired) electrons. The smallest absolute Gasteiger partial charge is 0.408 e. The van der Waals surface area contributed by atoms with E-state index in [0.717, 1.165) is 10.4 Å². The molecule has 8 nitrogen and oxygen atoms in total. The van der Waals surface area contributed by atoms with Crippen LogP contribution >= 0.6 is 11.3 Å². The lowest BCUT2D eigenvalue weighted by molar-refractivity contribution is -0.122. The number of nitrogens with one attached hydrogen (secondary N) is 1. The maximum Gasteiger partial charge on any atom is 0.408 e. The van der Waals surface area contributed by atoms with Gasteiger partial charge in [-0.05, 0) is 28.6 Å². The fraction of sp³-hybridized carbons (Fsp3) is 0.278. The normalized spacial score (nSPS) is 11.7. The van der Waals surface area contributed by atoms with Crippen LogP contribution in [0.1, 0.15) is 18.9 Å². The second-order valence-corrected chi connectivity index (χ2v) is 6.70. The number of hydrogen-bond donors (Lipinski definition) is 1. The Hall–Kier alpha value is -3.07. The van der Waals surface area contributed by atoms with Crippen molar-refractivity contribution in [3.05, 3.63) is 53.4 Å². The Labute approximate surface area is 160 Å². The number of carbonyl (C=O) groups excluding carboxylic acids is 2. The lowest BCUT2D eigenvalue weighted by atomic mass is 10.1. The summed E-state index contributed by atoms with van der Waals surface area (Å²) in [7, 11) is 0. The van der Waals surface area contributed by atoms with Gasteiger partial charge in [0.1, 0.15) is 13.2 Å². The Balaban J connectivity index is 1.52. The van der Waals surface area contributed by atoms with Crippen molar-refractivity contribution < 1.29 is 14.3 Å². The minimum Gasteiger partial charge on any atom is -0.445 e. The molecule has 3 rings (SSSR count). The highest BCUT2D eigenvalue weighted by molar-refractivity contribution is 7.13. The predicted octanol–water partition coefficient (Wildman–Crippen LogP) is 2.68. The van der Waals surface area contributed by atoms with Crippen LogP contribution in [0.2, 0.25) is 0 Å². The van der Waals surface area contributed by atoms with Crippen LogP contribution in [0.5, 0.6) is 0 Å². The second kappa shape index (κ2) is 9.04. The lowest BCUT2D eigenvalue weighted by Gasteiger charge is -2.15. The van der Waals surface area contributed by atoms with E-state index in [9.17, 15) is 9.59 Å². The molecule has 0 aliphatic carbocycles. The molecule has 0 spiro atoms. The Bertz CT molecular complexity index is 880. The molecule has 9 heteroatoms. The first-order chi connectivity index (χ1) is 13.2. The number of nitrogens with zero attached hydrogens (tertiary/aromatic N) is 4. The minimum absolute atomic E-state index is 0.0736. The molecule has 1 N–H and O–H groups in total. The molecular weight excluding hydrogens is 366 g/mol. The summed E-state index contributed by atoms with van der Waals surface area (Å²) in [5.41, 5.74) is 0.875. The van der Waals surface area contributed by atoms with Crippen molar-refractivity contribution in [2.75, 3.05) is 0 Å². The molecule has 1 unspecified atom stereocenters. The predicted molar refractivity (Wildman–Crippen MR) is 100.0 cm³/mol. The number of ether oxygens (including phenoxy) is 1. The van der Waals surface area contributed by atoms with Crippen LogP contribution < -0.4 is 5.32 Å². The summed E-state index contributed by atoms with van der Waals surface area (Å²) in [5.74, 6) is 0.255. The molecule has 0 saturated carbocycles. The summed E-state index contributed by atoms with van der Waals surface area (Å²) in [6, 6.07) is 12.4. The largest absolute Gasteiger partial charge is 0.445 e. The monoisotopic (exact) mass is 385 g/mol. The highest BCUT2D eigenvalue weighted by Gasteiger charge is 2.21. The topological polar surface area (TPSA) is 99.0 Å². The maximum atomic E-state index is 12.5. The summed E-state index contributed by atoms with van der Waals surface area (Å²) in [6.45, 7) is 1.88. The van der Waals surface area contributed by atoms with Gasteiger partial charge in [0, 0.05) is 0 Å². The van der Waals surface area contributed by atoms with Crippen LogP contribution in [0.3, 0.4) is 0 Å². The zero-order valence-corrected chi connectivity index (χ0v) is 15.6. The minimum atomic E-state index is -0.676. The van der Waals surface area contributed by atoms with Gasteiger partial charge in [0.15, 0.2) is 5.78 Å². The molecule has 27 heavy (non-hydrogen) atoms. The third-order valence-electron chi connectivity index (χ3n) is 3.79. The molecule has 0 bridgehead atoms. The average Bonchev–Trinajstić information content (AvgIpc) is 3.37. The number of carbonyl (C=O) groups is 2. The van der Waals surface area contributed by atoms with E-state index in [1.807, 2.05) is 54.8 Å². The summed E-state index contributed by atoms with van der Waals surface area (Å²) in [5, 5.41) is 16.6. The molecule has 1 aromatic carbocycles. The van der Waals surface area contributed by atoms with E-state index >= 15 is 0 Å². The first kappa shape index (κ1) is 18.7. The molecule has 2 heterocycles. The molecule has 1 atom stereocenters. The van der Waals surface area contributed by atoms with Gasteiger partial charge in [0.25, 0.3) is 0 Å². The Morgan fingerprint density at radius 2 is 2.04 bits per heavy atom. The lowest BCUT2D eigenvalue weighted by Crippen LogP contribution is -2.42. The summed E-state index contributed by atoms with van der Waals surface area (Å²) in [4.78, 5) is 26.5. The molecule has 0 fully saturated rings. The standard InChI is InChI=1S/C18H19N5O3S/c1-2-14(19-18(25)26-12-13-7-4-3-5-8-13)15(24)11-23-21-17(20-22-23)16-9-6-10-27-16/h3-10,14H,2,11-12H2,1H3,(H,19,25). The second-order valence-electron chi connectivity index (χ2n) is 5.75. The van der Waals surface area contributed by atoms with Gasteiger partial charge in [-0.2, -0.15) is 4.80 Å². The fourth-order valence-electron chi connectivity index (χ4n) is 2.38. The van der Waals surface area contributed by atoms with Crippen LogP contribution in [0.15, 0.2) is 47.8 Å². The molecule has 1 amide bonds. The van der Waals surface area contributed by atoms with Crippen molar-refractivity contribution in [2.45, 2.75) is 32.5 Å². The first-order valence-corrected chi connectivity index (χ1v) is 9.35. The molecular formula is C18H19N5O3S. The molecule has 140 valence electrons. The summed E-state index contributed by atoms with van der Waals surface area (Å²) >= 11 is 1.49. The molecule has 0 aliphatic rings. The number of ketones is 1. The number of amides is 1. The van der Waals surface area contributed by atoms with Gasteiger partial charge < -0.3 is 10.1 Å². The van der Waals surface area contributed by atoms with Gasteiger partial charge in [-0.15, -0.1) is 21.5 Å². The molecule has 0 saturated heterocycles. The van der Waals surface area contributed by atoms with Crippen LogP contribution in [0.4, 0.5) is 4.79 Å². The Kier molecular flexibility index (Phi) is 6.26. The van der Waals surface area contributed by atoms with E-state index in [1.54, 1.807) is 0 Å². The van der Waals surface area contributed by atoms with Gasteiger partial charge in [0.05, 0.1) is 10.9 Å². The zero-order valence-electron chi connectivity index (χ0n) is 14.7. The fourth-order valence-corrected chi connectivity index (χ4v) is 3.03. The maximum absolute atomic E-state index is 12.5. The number of benzene rings is 1. The van der Waals surface area contributed by atoms with E-state index in [-0.39, 0.29) is 18.9 Å². The van der Waals surface area contributed by atoms with E-state index in [4.69, 9.17) is 4.74 Å². The van der Waals surface area contributed by atoms with Gasteiger partial charge in [-0.3, -0.25) is 4.79 Å².